The third-order valence-electron chi connectivity index (χ3n) is 3.10. The highest BCUT2D eigenvalue weighted by molar-refractivity contribution is 9.10. The van der Waals surface area contributed by atoms with Gasteiger partial charge in [-0.3, -0.25) is 0 Å². The van der Waals surface area contributed by atoms with E-state index in [9.17, 15) is 0 Å². The minimum absolute atomic E-state index is 0.664. The molecule has 1 heterocycles. The number of rotatable bonds is 5. The number of halogens is 1. The number of nitrogen functional groups attached to an aromatic ring is 1. The van der Waals surface area contributed by atoms with Gasteiger partial charge < -0.3 is 10.7 Å². The lowest BCUT2D eigenvalue weighted by Gasteiger charge is -2.15. The third kappa shape index (κ3) is 3.08. The van der Waals surface area contributed by atoms with E-state index in [1.807, 2.05) is 18.2 Å². The minimum Gasteiger partial charge on any atom is -0.340 e. The van der Waals surface area contributed by atoms with Crippen molar-refractivity contribution in [1.82, 2.24) is 9.97 Å². The van der Waals surface area contributed by atoms with E-state index in [0.29, 0.717) is 5.82 Å². The first-order valence-electron chi connectivity index (χ1n) is 6.50. The van der Waals surface area contributed by atoms with Crippen molar-refractivity contribution in [2.45, 2.75) is 26.7 Å². The minimum atomic E-state index is 0.664. The van der Waals surface area contributed by atoms with Crippen LogP contribution in [-0.2, 0) is 6.42 Å². The lowest BCUT2D eigenvalue weighted by Crippen LogP contribution is -2.13. The first kappa shape index (κ1) is 14.7. The molecule has 0 fully saturated rings. The van der Waals surface area contributed by atoms with Gasteiger partial charge in [-0.25, -0.2) is 15.8 Å². The first-order chi connectivity index (χ1) is 9.67. The summed E-state index contributed by atoms with van der Waals surface area (Å²) >= 11 is 3.53. The Kier molecular flexibility index (Phi) is 4.92. The van der Waals surface area contributed by atoms with Gasteiger partial charge in [0.05, 0.1) is 0 Å². The molecule has 0 bridgehead atoms. The summed E-state index contributed by atoms with van der Waals surface area (Å²) in [6.45, 7) is 4.16. The monoisotopic (exact) mass is 335 g/mol. The average Bonchev–Trinajstić information content (AvgIpc) is 2.46. The zero-order chi connectivity index (χ0) is 14.5. The van der Waals surface area contributed by atoms with Crippen molar-refractivity contribution in [2.24, 2.45) is 5.84 Å². The normalized spacial score (nSPS) is 10.4. The van der Waals surface area contributed by atoms with E-state index in [1.54, 1.807) is 0 Å². The number of benzene rings is 1. The van der Waals surface area contributed by atoms with Crippen LogP contribution in [-0.4, -0.2) is 9.97 Å². The molecule has 0 amide bonds. The fraction of sp³-hybridized carbons (Fsp3) is 0.286. The van der Waals surface area contributed by atoms with E-state index in [4.69, 9.17) is 5.84 Å². The Morgan fingerprint density at radius 3 is 2.70 bits per heavy atom. The summed E-state index contributed by atoms with van der Waals surface area (Å²) in [5.41, 5.74) is 5.78. The van der Waals surface area contributed by atoms with Crippen molar-refractivity contribution in [1.29, 1.82) is 0 Å². The molecule has 0 spiro atoms. The van der Waals surface area contributed by atoms with Crippen molar-refractivity contribution in [3.63, 3.8) is 0 Å². The van der Waals surface area contributed by atoms with Gasteiger partial charge >= 0.3 is 0 Å². The van der Waals surface area contributed by atoms with Crippen LogP contribution in [0.15, 0.2) is 29.0 Å². The maximum Gasteiger partial charge on any atom is 0.148 e. The molecule has 1 aromatic carbocycles. The Bertz CT molecular complexity index is 600. The van der Waals surface area contributed by atoms with Gasteiger partial charge in [0, 0.05) is 15.7 Å². The number of hydrazine groups is 1. The Morgan fingerprint density at radius 2 is 2.00 bits per heavy atom. The molecule has 0 unspecified atom stereocenters. The Balaban J connectivity index is 2.40. The van der Waals surface area contributed by atoms with Gasteiger partial charge in [-0.15, -0.1) is 0 Å². The van der Waals surface area contributed by atoms with Crippen molar-refractivity contribution in [2.75, 3.05) is 10.7 Å². The Morgan fingerprint density at radius 1 is 1.25 bits per heavy atom. The Hall–Kier alpha value is -1.66. The molecule has 0 atom stereocenters. The average molecular weight is 336 g/mol. The summed E-state index contributed by atoms with van der Waals surface area (Å²) in [4.78, 5) is 8.50. The van der Waals surface area contributed by atoms with Gasteiger partial charge in [-0.05, 0) is 31.0 Å². The number of hydrogen-bond donors (Lipinski definition) is 3. The van der Waals surface area contributed by atoms with E-state index >= 15 is 0 Å². The molecule has 0 aliphatic carbocycles. The van der Waals surface area contributed by atoms with Gasteiger partial charge in [0.2, 0.25) is 0 Å². The van der Waals surface area contributed by atoms with E-state index in [1.165, 1.54) is 6.33 Å². The van der Waals surface area contributed by atoms with Crippen LogP contribution in [0.25, 0.3) is 0 Å². The third-order valence-corrected chi connectivity index (χ3v) is 3.96. The first-order valence-corrected chi connectivity index (χ1v) is 7.29. The highest BCUT2D eigenvalue weighted by Crippen LogP contribution is 2.29. The molecule has 106 valence electrons. The molecule has 0 saturated heterocycles. The van der Waals surface area contributed by atoms with E-state index < -0.39 is 0 Å². The molecule has 0 aliphatic heterocycles. The lowest BCUT2D eigenvalue weighted by atomic mass is 10.1. The van der Waals surface area contributed by atoms with Gasteiger partial charge in [-0.2, -0.15) is 0 Å². The van der Waals surface area contributed by atoms with Crippen molar-refractivity contribution < 1.29 is 0 Å². The van der Waals surface area contributed by atoms with Gasteiger partial charge in [0.25, 0.3) is 0 Å². The van der Waals surface area contributed by atoms with E-state index in [0.717, 1.165) is 39.9 Å². The number of hydrogen-bond acceptors (Lipinski definition) is 5. The van der Waals surface area contributed by atoms with Crippen molar-refractivity contribution in [3.05, 3.63) is 40.1 Å². The van der Waals surface area contributed by atoms with Gasteiger partial charge in [-0.1, -0.05) is 35.3 Å². The number of nitrogens with one attached hydrogen (secondary N) is 2. The van der Waals surface area contributed by atoms with Crippen LogP contribution in [0.1, 0.15) is 24.5 Å². The second-order valence-electron chi connectivity index (χ2n) is 4.48. The quantitative estimate of drug-likeness (QED) is 0.575. The van der Waals surface area contributed by atoms with Crippen LogP contribution in [0, 0.1) is 6.92 Å². The van der Waals surface area contributed by atoms with Crippen LogP contribution in [0.3, 0.4) is 0 Å². The number of aromatic nitrogens is 2. The zero-order valence-electron chi connectivity index (χ0n) is 11.6. The van der Waals surface area contributed by atoms with Crippen LogP contribution >= 0.6 is 15.9 Å². The van der Waals surface area contributed by atoms with Crippen LogP contribution < -0.4 is 16.6 Å². The van der Waals surface area contributed by atoms with E-state index in [2.05, 4.69) is 50.5 Å². The highest BCUT2D eigenvalue weighted by atomic mass is 79.9. The molecule has 0 aliphatic rings. The summed E-state index contributed by atoms with van der Waals surface area (Å²) in [6, 6.07) is 6.02. The number of nitrogens with two attached hydrogens (primary N) is 1. The fourth-order valence-electron chi connectivity index (χ4n) is 2.00. The predicted molar refractivity (Wildman–Crippen MR) is 86.0 cm³/mol. The molecule has 1 aromatic heterocycles. The zero-order valence-corrected chi connectivity index (χ0v) is 13.2. The standard InChI is InChI=1S/C14H18BrN5/c1-3-5-10-13(17-8-18-14(10)20-16)19-12-7-4-6-11(15)9(12)2/h4,6-8H,3,5,16H2,1-2H3,(H2,17,18,19,20). The second-order valence-corrected chi connectivity index (χ2v) is 5.34. The van der Waals surface area contributed by atoms with Crippen LogP contribution in [0.2, 0.25) is 0 Å². The largest absolute Gasteiger partial charge is 0.340 e. The summed E-state index contributed by atoms with van der Waals surface area (Å²) in [7, 11) is 0. The molecular formula is C14H18BrN5. The molecule has 2 aromatic rings. The molecule has 0 radical (unpaired) electrons. The van der Waals surface area contributed by atoms with Crippen LogP contribution in [0.5, 0.6) is 0 Å². The topological polar surface area (TPSA) is 75.9 Å². The smallest absolute Gasteiger partial charge is 0.148 e. The molecule has 5 nitrogen and oxygen atoms in total. The van der Waals surface area contributed by atoms with Gasteiger partial charge in [0.15, 0.2) is 0 Å². The number of nitrogens with zero attached hydrogens (tertiary/aromatic N) is 2. The molecule has 6 heteroatoms. The fourth-order valence-corrected chi connectivity index (χ4v) is 2.37. The number of anilines is 3. The highest BCUT2D eigenvalue weighted by Gasteiger charge is 2.11. The maximum absolute atomic E-state index is 5.52. The van der Waals surface area contributed by atoms with Crippen molar-refractivity contribution in [3.8, 4) is 0 Å². The predicted octanol–water partition coefficient (Wildman–Crippen LogP) is 3.53. The van der Waals surface area contributed by atoms with Gasteiger partial charge in [0.1, 0.15) is 18.0 Å². The molecule has 0 saturated carbocycles. The molecule has 2 rings (SSSR count). The van der Waals surface area contributed by atoms with Crippen molar-refractivity contribution >= 4 is 33.3 Å². The van der Waals surface area contributed by atoms with Crippen LogP contribution in [0.4, 0.5) is 17.3 Å². The van der Waals surface area contributed by atoms with E-state index in [-0.39, 0.29) is 0 Å². The Labute approximate surface area is 127 Å². The molecular weight excluding hydrogens is 318 g/mol. The maximum atomic E-state index is 5.52. The second kappa shape index (κ2) is 6.67. The molecule has 4 N–H and O–H groups in total. The summed E-state index contributed by atoms with van der Waals surface area (Å²) < 4.78 is 1.06. The SMILES string of the molecule is CCCc1c(NN)ncnc1Nc1cccc(Br)c1C. The summed E-state index contributed by atoms with van der Waals surface area (Å²) in [5, 5.41) is 3.36. The molecule has 20 heavy (non-hydrogen) atoms. The lowest BCUT2D eigenvalue weighted by molar-refractivity contribution is 0.903. The summed E-state index contributed by atoms with van der Waals surface area (Å²) in [5.74, 6) is 6.97. The summed E-state index contributed by atoms with van der Waals surface area (Å²) in [6.07, 6.45) is 3.36.